The highest BCUT2D eigenvalue weighted by molar-refractivity contribution is 8.00. The smallest absolute Gasteiger partial charge is 0.255 e. The van der Waals surface area contributed by atoms with Crippen LogP contribution in [0.2, 0.25) is 0 Å². The van der Waals surface area contributed by atoms with Crippen LogP contribution in [-0.2, 0) is 5.75 Å². The lowest BCUT2D eigenvalue weighted by molar-refractivity contribution is 0.102. The molecule has 0 saturated heterocycles. The molecule has 0 atom stereocenters. The van der Waals surface area contributed by atoms with Crippen LogP contribution in [0.1, 0.15) is 27.0 Å². The Morgan fingerprint density at radius 1 is 1.03 bits per heavy atom. The highest BCUT2D eigenvalue weighted by Gasteiger charge is 2.11. The summed E-state index contributed by atoms with van der Waals surface area (Å²) in [5.74, 6) is 0.710. The minimum Gasteiger partial charge on any atom is -0.322 e. The van der Waals surface area contributed by atoms with Crippen LogP contribution >= 0.6 is 35.3 Å². The Morgan fingerprint density at radius 2 is 1.77 bits per heavy atom. The maximum atomic E-state index is 12.7. The second kappa shape index (κ2) is 9.60. The number of rotatable bonds is 6. The Balaban J connectivity index is 1.46. The minimum atomic E-state index is -0.138. The van der Waals surface area contributed by atoms with E-state index in [0.29, 0.717) is 9.52 Å². The van der Waals surface area contributed by atoms with Crippen LogP contribution in [0.4, 0.5) is 5.69 Å². The molecule has 1 aromatic heterocycles. The Labute approximate surface area is 195 Å². The van der Waals surface area contributed by atoms with Gasteiger partial charge in [0.05, 0.1) is 5.69 Å². The molecule has 0 fully saturated rings. The average Bonchev–Trinajstić information content (AvgIpc) is 3.17. The average molecular weight is 464 g/mol. The van der Waals surface area contributed by atoms with Crippen LogP contribution in [0.5, 0.6) is 0 Å². The van der Waals surface area contributed by atoms with E-state index < -0.39 is 0 Å². The van der Waals surface area contributed by atoms with Crippen molar-refractivity contribution in [2.75, 3.05) is 5.32 Å². The summed E-state index contributed by atoms with van der Waals surface area (Å²) >= 11 is 8.67. The quantitative estimate of drug-likeness (QED) is 0.252. The van der Waals surface area contributed by atoms with Crippen LogP contribution in [0.25, 0.3) is 5.69 Å². The van der Waals surface area contributed by atoms with Gasteiger partial charge in [-0.1, -0.05) is 65.6 Å². The van der Waals surface area contributed by atoms with Crippen molar-refractivity contribution in [1.82, 2.24) is 9.78 Å². The summed E-state index contributed by atoms with van der Waals surface area (Å²) in [4.78, 5) is 12.7. The van der Waals surface area contributed by atoms with Crippen LogP contribution in [0, 0.1) is 17.8 Å². The summed E-state index contributed by atoms with van der Waals surface area (Å²) in [5.41, 5.74) is 5.73. The number of carbonyl (C=O) groups excluding carboxylic acids is 1. The molecule has 4 rings (SSSR count). The molecule has 4 aromatic rings. The molecule has 3 aromatic carbocycles. The molecule has 31 heavy (non-hydrogen) atoms. The zero-order valence-electron chi connectivity index (χ0n) is 17.2. The fourth-order valence-corrected chi connectivity index (χ4v) is 5.35. The fraction of sp³-hybridized carbons (Fsp3) is 0.125. The number of amides is 1. The van der Waals surface area contributed by atoms with E-state index in [-0.39, 0.29) is 5.91 Å². The molecular formula is C24H21N3OS3. The summed E-state index contributed by atoms with van der Waals surface area (Å²) in [7, 11) is 0. The molecule has 0 aliphatic heterocycles. The number of anilines is 1. The van der Waals surface area contributed by atoms with Gasteiger partial charge < -0.3 is 5.32 Å². The first-order valence-electron chi connectivity index (χ1n) is 9.76. The van der Waals surface area contributed by atoms with E-state index in [2.05, 4.69) is 22.5 Å². The van der Waals surface area contributed by atoms with Crippen molar-refractivity contribution in [2.45, 2.75) is 23.9 Å². The Hall–Kier alpha value is -2.74. The van der Waals surface area contributed by atoms with Gasteiger partial charge in [-0.05, 0) is 73.1 Å². The summed E-state index contributed by atoms with van der Waals surface area (Å²) in [6.07, 6.45) is 0. The summed E-state index contributed by atoms with van der Waals surface area (Å²) < 4.78 is 3.36. The third-order valence-electron chi connectivity index (χ3n) is 4.96. The SMILES string of the molecule is Cc1cccc(NC(=O)c2ccc(-n3nc(SCc4ccccc4)sc3=S)cc2)c1C. The van der Waals surface area contributed by atoms with Gasteiger partial charge in [-0.2, -0.15) is 0 Å². The number of nitrogens with one attached hydrogen (secondary N) is 1. The van der Waals surface area contributed by atoms with Gasteiger partial charge in [0, 0.05) is 17.0 Å². The molecule has 1 amide bonds. The molecule has 0 unspecified atom stereocenters. The Morgan fingerprint density at radius 3 is 2.52 bits per heavy atom. The molecule has 0 bridgehead atoms. The van der Waals surface area contributed by atoms with Crippen LogP contribution in [0.3, 0.4) is 0 Å². The van der Waals surface area contributed by atoms with Crippen LogP contribution in [-0.4, -0.2) is 15.7 Å². The normalized spacial score (nSPS) is 10.8. The number of hydrogen-bond acceptors (Lipinski definition) is 5. The highest BCUT2D eigenvalue weighted by atomic mass is 32.2. The molecule has 1 heterocycles. The number of thioether (sulfide) groups is 1. The first-order valence-corrected chi connectivity index (χ1v) is 12.0. The maximum absolute atomic E-state index is 12.7. The van der Waals surface area contributed by atoms with Gasteiger partial charge in [0.15, 0.2) is 8.29 Å². The van der Waals surface area contributed by atoms with Crippen molar-refractivity contribution in [3.63, 3.8) is 0 Å². The maximum Gasteiger partial charge on any atom is 0.255 e. The number of aryl methyl sites for hydroxylation is 1. The third-order valence-corrected chi connectivity index (χ3v) is 7.40. The first kappa shape index (κ1) is 21.5. The Kier molecular flexibility index (Phi) is 6.65. The molecular weight excluding hydrogens is 442 g/mol. The van der Waals surface area contributed by atoms with E-state index in [1.807, 2.05) is 62.4 Å². The van der Waals surface area contributed by atoms with Gasteiger partial charge in [-0.25, -0.2) is 4.68 Å². The van der Waals surface area contributed by atoms with Gasteiger partial charge in [0.1, 0.15) is 0 Å². The second-order valence-corrected chi connectivity index (χ2v) is 9.91. The molecule has 156 valence electrons. The van der Waals surface area contributed by atoms with Crippen LogP contribution < -0.4 is 5.32 Å². The molecule has 0 spiro atoms. The van der Waals surface area contributed by atoms with E-state index >= 15 is 0 Å². The lowest BCUT2D eigenvalue weighted by atomic mass is 10.1. The molecule has 1 N–H and O–H groups in total. The Bertz CT molecular complexity index is 1260. The fourth-order valence-electron chi connectivity index (χ4n) is 3.04. The van der Waals surface area contributed by atoms with Crippen molar-refractivity contribution in [2.24, 2.45) is 0 Å². The van der Waals surface area contributed by atoms with Gasteiger partial charge in [0.25, 0.3) is 5.91 Å². The summed E-state index contributed by atoms with van der Waals surface area (Å²) in [6.45, 7) is 4.04. The van der Waals surface area contributed by atoms with Gasteiger partial charge in [-0.3, -0.25) is 4.79 Å². The summed E-state index contributed by atoms with van der Waals surface area (Å²) in [5, 5.41) is 7.64. The zero-order chi connectivity index (χ0) is 21.8. The number of hydrogen-bond donors (Lipinski definition) is 1. The van der Waals surface area contributed by atoms with Gasteiger partial charge in [-0.15, -0.1) is 5.10 Å². The highest BCUT2D eigenvalue weighted by Crippen LogP contribution is 2.27. The largest absolute Gasteiger partial charge is 0.322 e. The molecule has 0 aliphatic rings. The zero-order valence-corrected chi connectivity index (χ0v) is 19.6. The first-order chi connectivity index (χ1) is 15.0. The summed E-state index contributed by atoms with van der Waals surface area (Å²) in [6, 6.07) is 23.5. The van der Waals surface area contributed by atoms with Crippen molar-refractivity contribution in [3.8, 4) is 5.69 Å². The second-order valence-electron chi connectivity index (χ2n) is 7.07. The van der Waals surface area contributed by atoms with Gasteiger partial charge >= 0.3 is 0 Å². The van der Waals surface area contributed by atoms with E-state index in [9.17, 15) is 4.79 Å². The van der Waals surface area contributed by atoms with Crippen LogP contribution in [0.15, 0.2) is 77.1 Å². The molecule has 0 saturated carbocycles. The molecule has 0 radical (unpaired) electrons. The lowest BCUT2D eigenvalue weighted by Crippen LogP contribution is -2.13. The molecule has 7 heteroatoms. The lowest BCUT2D eigenvalue weighted by Gasteiger charge is -2.10. The predicted molar refractivity (Wildman–Crippen MR) is 132 cm³/mol. The number of aromatic nitrogens is 2. The molecule has 0 aliphatic carbocycles. The van der Waals surface area contributed by atoms with E-state index in [1.54, 1.807) is 28.6 Å². The number of carbonyl (C=O) groups is 1. The van der Waals surface area contributed by atoms with Crippen molar-refractivity contribution in [3.05, 3.63) is 99.0 Å². The monoisotopic (exact) mass is 463 g/mol. The van der Waals surface area contributed by atoms with Gasteiger partial charge in [0.2, 0.25) is 0 Å². The minimum absolute atomic E-state index is 0.138. The van der Waals surface area contributed by atoms with E-state index in [4.69, 9.17) is 12.2 Å². The van der Waals surface area contributed by atoms with E-state index in [0.717, 1.165) is 32.6 Å². The predicted octanol–water partition coefficient (Wildman–Crippen LogP) is 6.82. The standard InChI is InChI=1S/C24H21N3OS3/c1-16-7-6-10-21(17(16)2)25-22(28)19-11-13-20(14-12-19)27-24(29)31-23(26-27)30-15-18-8-4-3-5-9-18/h3-14H,15H2,1-2H3,(H,25,28). The number of nitrogens with zero attached hydrogens (tertiary/aromatic N) is 2. The van der Waals surface area contributed by atoms with Crippen molar-refractivity contribution in [1.29, 1.82) is 0 Å². The third kappa shape index (κ3) is 5.12. The topological polar surface area (TPSA) is 46.9 Å². The van der Waals surface area contributed by atoms with Crippen molar-refractivity contribution >= 4 is 46.9 Å². The number of benzene rings is 3. The van der Waals surface area contributed by atoms with E-state index in [1.165, 1.54) is 16.9 Å². The molecule has 4 nitrogen and oxygen atoms in total. The van der Waals surface area contributed by atoms with Crippen molar-refractivity contribution < 1.29 is 4.79 Å².